The molecule has 2 saturated heterocycles. The minimum Gasteiger partial charge on any atom is -0.317 e. The average Bonchev–Trinajstić information content (AvgIpc) is 3.15. The molecule has 1 aromatic rings. The zero-order valence-corrected chi connectivity index (χ0v) is 15.8. The SMILES string of the molecule is CC1(C)CC(Cl)C23C4CC(=O)N2C=CC2=NC(=O)NC21N3c1ccccc14. The van der Waals surface area contributed by atoms with Crippen LogP contribution in [0.4, 0.5) is 10.5 Å². The highest BCUT2D eigenvalue weighted by molar-refractivity contribution is 6.24. The first-order valence-corrected chi connectivity index (χ1v) is 9.73. The van der Waals surface area contributed by atoms with Gasteiger partial charge in [-0.15, -0.1) is 11.6 Å². The van der Waals surface area contributed by atoms with Crippen LogP contribution in [0.2, 0.25) is 0 Å². The van der Waals surface area contributed by atoms with E-state index in [1.807, 2.05) is 18.2 Å². The number of nitrogens with zero attached hydrogens (tertiary/aromatic N) is 3. The highest BCUT2D eigenvalue weighted by Crippen LogP contribution is 2.67. The van der Waals surface area contributed by atoms with E-state index in [1.54, 1.807) is 11.1 Å². The number of piperidine rings is 1. The van der Waals surface area contributed by atoms with Gasteiger partial charge in [0.1, 0.15) is 5.66 Å². The molecule has 1 N–H and O–H groups in total. The van der Waals surface area contributed by atoms with Gasteiger partial charge in [0.25, 0.3) is 0 Å². The maximum atomic E-state index is 13.0. The van der Waals surface area contributed by atoms with Crippen molar-refractivity contribution < 1.29 is 9.59 Å². The molecule has 138 valence electrons. The second-order valence-electron chi connectivity index (χ2n) is 8.71. The van der Waals surface area contributed by atoms with Crippen LogP contribution in [-0.4, -0.2) is 39.3 Å². The van der Waals surface area contributed by atoms with Crippen LogP contribution in [0.5, 0.6) is 0 Å². The predicted molar refractivity (Wildman–Crippen MR) is 102 cm³/mol. The van der Waals surface area contributed by atoms with E-state index in [4.69, 9.17) is 11.6 Å². The van der Waals surface area contributed by atoms with Crippen molar-refractivity contribution in [2.75, 3.05) is 4.90 Å². The van der Waals surface area contributed by atoms with E-state index >= 15 is 0 Å². The standard InChI is InChI=1S/C20H19ClN4O2/c1-18(2)10-14(21)19-12-9-16(26)24(19)8-7-15-20(18,23-17(27)22-15)25(19)13-6-4-3-5-11(12)13/h3-8,12,14H,9-10H2,1-2H3,(H,23,27). The van der Waals surface area contributed by atoms with Crippen molar-refractivity contribution in [3.8, 4) is 0 Å². The van der Waals surface area contributed by atoms with E-state index in [9.17, 15) is 9.59 Å². The number of carbonyl (C=O) groups excluding carboxylic acids is 2. The van der Waals surface area contributed by atoms with E-state index in [1.165, 1.54) is 0 Å². The van der Waals surface area contributed by atoms with Crippen LogP contribution in [0.25, 0.3) is 0 Å². The van der Waals surface area contributed by atoms with Crippen molar-refractivity contribution in [2.45, 2.75) is 49.3 Å². The molecule has 27 heavy (non-hydrogen) atoms. The molecule has 4 atom stereocenters. The summed E-state index contributed by atoms with van der Waals surface area (Å²) in [6.45, 7) is 4.24. The molecule has 2 fully saturated rings. The summed E-state index contributed by atoms with van der Waals surface area (Å²) in [5.74, 6) is 0.0151. The molecule has 0 aromatic heterocycles. The van der Waals surface area contributed by atoms with Crippen molar-refractivity contribution >= 4 is 34.9 Å². The fourth-order valence-corrected chi connectivity index (χ4v) is 6.95. The minimum atomic E-state index is -0.837. The van der Waals surface area contributed by atoms with Crippen LogP contribution in [0, 0.1) is 5.41 Å². The molecular weight excluding hydrogens is 364 g/mol. The van der Waals surface area contributed by atoms with Crippen LogP contribution >= 0.6 is 11.6 Å². The third kappa shape index (κ3) is 1.41. The molecule has 2 spiro atoms. The summed E-state index contributed by atoms with van der Waals surface area (Å²) >= 11 is 7.12. The third-order valence-electron chi connectivity index (χ3n) is 7.18. The molecule has 5 aliphatic heterocycles. The number of nitrogens with one attached hydrogen (secondary N) is 1. The van der Waals surface area contributed by atoms with E-state index in [0.717, 1.165) is 11.3 Å². The van der Waals surface area contributed by atoms with Crippen LogP contribution in [0.15, 0.2) is 41.5 Å². The van der Waals surface area contributed by atoms with Crippen molar-refractivity contribution in [3.63, 3.8) is 0 Å². The molecule has 4 unspecified atom stereocenters. The van der Waals surface area contributed by atoms with Gasteiger partial charge in [0.2, 0.25) is 5.91 Å². The number of hydrogen-bond acceptors (Lipinski definition) is 3. The molecule has 6 rings (SSSR count). The zero-order chi connectivity index (χ0) is 18.8. The van der Waals surface area contributed by atoms with Crippen molar-refractivity contribution in [1.82, 2.24) is 10.2 Å². The Kier molecular flexibility index (Phi) is 2.55. The zero-order valence-electron chi connectivity index (χ0n) is 15.1. The molecule has 5 aliphatic rings. The van der Waals surface area contributed by atoms with Gasteiger partial charge in [-0.3, -0.25) is 9.69 Å². The average molecular weight is 383 g/mol. The van der Waals surface area contributed by atoms with E-state index < -0.39 is 11.3 Å². The topological polar surface area (TPSA) is 65.0 Å². The number of amides is 3. The number of para-hydroxylation sites is 1. The fourth-order valence-electron chi connectivity index (χ4n) is 6.21. The van der Waals surface area contributed by atoms with Crippen LogP contribution in [0.3, 0.4) is 0 Å². The number of aliphatic imine (C=N–C) groups is 1. The smallest absolute Gasteiger partial charge is 0.317 e. The van der Waals surface area contributed by atoms with Gasteiger partial charge in [0.05, 0.1) is 11.1 Å². The van der Waals surface area contributed by atoms with Gasteiger partial charge in [-0.25, -0.2) is 4.79 Å². The summed E-state index contributed by atoms with van der Waals surface area (Å²) < 4.78 is 0. The van der Waals surface area contributed by atoms with Gasteiger partial charge < -0.3 is 10.2 Å². The summed E-state index contributed by atoms with van der Waals surface area (Å²) in [6.07, 6.45) is 4.68. The van der Waals surface area contributed by atoms with Gasteiger partial charge in [0, 0.05) is 29.6 Å². The number of alkyl halides is 1. The number of anilines is 1. The first-order valence-electron chi connectivity index (χ1n) is 9.29. The molecule has 6 nitrogen and oxygen atoms in total. The predicted octanol–water partition coefficient (Wildman–Crippen LogP) is 2.94. The van der Waals surface area contributed by atoms with Crippen molar-refractivity contribution in [1.29, 1.82) is 0 Å². The Morgan fingerprint density at radius 1 is 1.26 bits per heavy atom. The van der Waals surface area contributed by atoms with Gasteiger partial charge in [-0.2, -0.15) is 4.99 Å². The molecule has 0 radical (unpaired) electrons. The molecular formula is C20H19ClN4O2. The normalized spacial score (nSPS) is 39.6. The number of hydrogen-bond donors (Lipinski definition) is 1. The number of halogens is 1. The summed E-state index contributed by atoms with van der Waals surface area (Å²) in [5.41, 5.74) is 0.838. The van der Waals surface area contributed by atoms with E-state index in [2.05, 4.69) is 41.2 Å². The maximum absolute atomic E-state index is 13.0. The second-order valence-corrected chi connectivity index (χ2v) is 9.23. The number of benzene rings is 1. The maximum Gasteiger partial charge on any atom is 0.343 e. The Morgan fingerprint density at radius 2 is 2.04 bits per heavy atom. The van der Waals surface area contributed by atoms with Crippen LogP contribution in [0.1, 0.15) is 38.2 Å². The fraction of sp³-hybridized carbons (Fsp3) is 0.450. The minimum absolute atomic E-state index is 0.0434. The molecule has 3 amide bonds. The molecule has 2 bridgehead atoms. The highest BCUT2D eigenvalue weighted by Gasteiger charge is 2.76. The summed E-state index contributed by atoms with van der Waals surface area (Å²) in [5, 5.41) is 2.89. The Bertz CT molecular complexity index is 1000. The van der Waals surface area contributed by atoms with Crippen LogP contribution < -0.4 is 10.2 Å². The number of urea groups is 1. The number of carbonyl (C=O) groups is 2. The highest BCUT2D eigenvalue weighted by atomic mass is 35.5. The van der Waals surface area contributed by atoms with Gasteiger partial charge in [0.15, 0.2) is 5.66 Å². The lowest BCUT2D eigenvalue weighted by Crippen LogP contribution is -2.81. The lowest BCUT2D eigenvalue weighted by Gasteiger charge is -2.63. The van der Waals surface area contributed by atoms with Crippen LogP contribution in [-0.2, 0) is 4.79 Å². The van der Waals surface area contributed by atoms with Crippen molar-refractivity contribution in [3.05, 3.63) is 42.1 Å². The Balaban J connectivity index is 1.78. The lowest BCUT2D eigenvalue weighted by molar-refractivity contribution is -0.129. The molecule has 0 aliphatic carbocycles. The van der Waals surface area contributed by atoms with E-state index in [0.29, 0.717) is 18.6 Å². The Labute approximate surface area is 161 Å². The second kappa shape index (κ2) is 4.38. The lowest BCUT2D eigenvalue weighted by atomic mass is 9.65. The van der Waals surface area contributed by atoms with E-state index in [-0.39, 0.29) is 28.6 Å². The third-order valence-corrected chi connectivity index (χ3v) is 7.66. The monoisotopic (exact) mass is 382 g/mol. The molecule has 1 aromatic carbocycles. The number of fused-ring (bicyclic) bond motifs is 2. The Morgan fingerprint density at radius 3 is 2.85 bits per heavy atom. The molecule has 5 heterocycles. The van der Waals surface area contributed by atoms with Gasteiger partial charge >= 0.3 is 6.03 Å². The Hall–Kier alpha value is -2.34. The first kappa shape index (κ1) is 15.7. The summed E-state index contributed by atoms with van der Waals surface area (Å²) in [7, 11) is 0. The van der Waals surface area contributed by atoms with Gasteiger partial charge in [-0.05, 0) is 24.1 Å². The molecule has 0 saturated carbocycles. The summed E-state index contributed by atoms with van der Waals surface area (Å²) in [6, 6.07) is 7.81. The molecule has 7 heteroatoms. The first-order chi connectivity index (χ1) is 12.8. The quantitative estimate of drug-likeness (QED) is 0.701. The van der Waals surface area contributed by atoms with Gasteiger partial charge in [-0.1, -0.05) is 32.0 Å². The number of rotatable bonds is 0. The summed E-state index contributed by atoms with van der Waals surface area (Å²) in [4.78, 5) is 33.8. The van der Waals surface area contributed by atoms with Crippen molar-refractivity contribution in [2.24, 2.45) is 10.4 Å². The largest absolute Gasteiger partial charge is 0.343 e.